The van der Waals surface area contributed by atoms with Gasteiger partial charge in [0.15, 0.2) is 5.34 Å². The van der Waals surface area contributed by atoms with Gasteiger partial charge in [-0.3, -0.25) is 0 Å². The first-order valence-electron chi connectivity index (χ1n) is 0.948. The van der Waals surface area contributed by atoms with Crippen molar-refractivity contribution in [3.05, 3.63) is 15.0 Å². The minimum absolute atomic E-state index is 0. The van der Waals surface area contributed by atoms with Crippen LogP contribution in [0.15, 0.2) is 5.34 Å². The van der Waals surface area contributed by atoms with E-state index in [-0.39, 0.29) is 29.6 Å². The molecule has 0 aromatic heterocycles. The van der Waals surface area contributed by atoms with Crippen molar-refractivity contribution in [3.63, 3.8) is 0 Å². The van der Waals surface area contributed by atoms with Gasteiger partial charge in [-0.25, -0.2) is 0 Å². The van der Waals surface area contributed by atoms with Gasteiger partial charge in [-0.05, 0) is 0 Å². The number of hydrogen-bond acceptors (Lipinski definition) is 4. The van der Waals surface area contributed by atoms with E-state index in [0.717, 1.165) is 0 Å². The monoisotopic (exact) mass is 134 g/mol. The minimum atomic E-state index is -1.50. The molecule has 0 atom stereocenters. The van der Waals surface area contributed by atoms with Gasteiger partial charge in [0, 0.05) is 0 Å². The average Bonchev–Trinajstić information content (AvgIpc) is 1.33. The van der Waals surface area contributed by atoms with E-state index in [1.165, 1.54) is 5.34 Å². The number of nitrogens with zero attached hydrogens (tertiary/aromatic N) is 2. The van der Waals surface area contributed by atoms with Gasteiger partial charge in [0.2, 0.25) is 0 Å². The number of hydrogen-bond donors (Lipinski definition) is 2. The normalized spacial score (nSPS) is 4.50. The Labute approximate surface area is 65.6 Å². The molecule has 7 nitrogen and oxygen atoms in total. The van der Waals surface area contributed by atoms with Gasteiger partial charge in [-0.15, -0.1) is 15.0 Å². The van der Waals surface area contributed by atoms with Gasteiger partial charge < -0.3 is 10.4 Å². The van der Waals surface area contributed by atoms with E-state index in [4.69, 9.17) is 25.4 Å². The summed E-state index contributed by atoms with van der Waals surface area (Å²) in [6.45, 7) is 0. The molecule has 44 valence electrons. The van der Waals surface area contributed by atoms with Crippen LogP contribution in [0.4, 0.5) is 0 Å². The van der Waals surface area contributed by atoms with Crippen LogP contribution in [0.5, 0.6) is 0 Å². The summed E-state index contributed by atoms with van der Waals surface area (Å²) in [6, 6.07) is 0. The molecule has 8 heteroatoms. The van der Waals surface area contributed by atoms with Crippen molar-refractivity contribution >= 4 is 29.6 Å². The van der Waals surface area contributed by atoms with E-state index >= 15 is 0 Å². The van der Waals surface area contributed by atoms with Crippen LogP contribution in [0, 0.1) is 15.0 Å². The summed E-state index contributed by atoms with van der Waals surface area (Å²) in [5.74, 6) is 0. The fourth-order valence-corrected chi connectivity index (χ4v) is 0. The zero-order valence-corrected chi connectivity index (χ0v) is 3.01. The zero-order chi connectivity index (χ0) is 6.28. The maximum absolute atomic E-state index is 8.36. The Balaban J connectivity index is -0.0000000575. The summed E-state index contributed by atoms with van der Waals surface area (Å²) in [4.78, 5) is 16.5. The van der Waals surface area contributed by atoms with Crippen LogP contribution in [0.3, 0.4) is 0 Å². The topological polar surface area (TPSA) is 113 Å². The summed E-state index contributed by atoms with van der Waals surface area (Å²) in [5, 5.41) is 21.5. The molecule has 2 N–H and O–H groups in total. The standard InChI is InChI=1S/HNO3.HNO2.Na.H/c2-1(3)4;2-1-3;;/h(H,2,3,4);(H,2,3);;. The molecule has 0 spiro atoms. The molecule has 0 amide bonds. The van der Waals surface area contributed by atoms with Crippen molar-refractivity contribution in [2.24, 2.45) is 5.34 Å². The van der Waals surface area contributed by atoms with Crippen LogP contribution in [0.25, 0.3) is 0 Å². The van der Waals surface area contributed by atoms with Crippen molar-refractivity contribution in [2.75, 3.05) is 0 Å². The second-order valence-electron chi connectivity index (χ2n) is 0.319. The molecule has 0 heterocycles. The Morgan fingerprint density at radius 3 is 1.62 bits per heavy atom. The van der Waals surface area contributed by atoms with E-state index in [1.807, 2.05) is 0 Å². The predicted molar refractivity (Wildman–Crippen MR) is 23.5 cm³/mol. The first kappa shape index (κ1) is 15.6. The summed E-state index contributed by atoms with van der Waals surface area (Å²) in [7, 11) is 0. The Morgan fingerprint density at radius 1 is 1.62 bits per heavy atom. The second kappa shape index (κ2) is 16.0. The third-order valence-electron chi connectivity index (χ3n) is 0. The van der Waals surface area contributed by atoms with Gasteiger partial charge in [-0.1, -0.05) is 0 Å². The molecule has 0 aromatic rings. The molecule has 8 heavy (non-hydrogen) atoms. The van der Waals surface area contributed by atoms with Crippen LogP contribution in [0.2, 0.25) is 0 Å². The Morgan fingerprint density at radius 2 is 1.62 bits per heavy atom. The Bertz CT molecular complexity index is 57.4. The van der Waals surface area contributed by atoms with Crippen molar-refractivity contribution in [1.29, 1.82) is 0 Å². The van der Waals surface area contributed by atoms with Crippen LogP contribution >= 0.6 is 0 Å². The van der Waals surface area contributed by atoms with Gasteiger partial charge >= 0.3 is 29.6 Å². The summed E-state index contributed by atoms with van der Waals surface area (Å²) in [5.41, 5.74) is 0. The van der Waals surface area contributed by atoms with E-state index in [0.29, 0.717) is 0 Å². The van der Waals surface area contributed by atoms with E-state index in [1.54, 1.807) is 0 Å². The first-order chi connectivity index (χ1) is 3.15. The molecule has 0 aliphatic rings. The predicted octanol–water partition coefficient (Wildman–Crippen LogP) is -0.854. The van der Waals surface area contributed by atoms with Crippen LogP contribution in [0.1, 0.15) is 0 Å². The SMILES string of the molecule is O=NO.O=[N+]([O-])O.[NaH]. The van der Waals surface area contributed by atoms with Gasteiger partial charge in [0.25, 0.3) is 5.09 Å². The number of rotatable bonds is 0. The molecule has 0 saturated carbocycles. The van der Waals surface area contributed by atoms with Crippen molar-refractivity contribution < 1.29 is 15.5 Å². The Kier molecular flexibility index (Phi) is 31.2. The van der Waals surface area contributed by atoms with E-state index in [9.17, 15) is 0 Å². The van der Waals surface area contributed by atoms with Crippen molar-refractivity contribution in [2.45, 2.75) is 0 Å². The van der Waals surface area contributed by atoms with Crippen molar-refractivity contribution in [3.8, 4) is 0 Å². The fourth-order valence-electron chi connectivity index (χ4n) is 0. The average molecular weight is 134 g/mol. The molecule has 0 fully saturated rings. The molecule has 0 rings (SSSR count). The zero-order valence-electron chi connectivity index (χ0n) is 3.01. The molecule has 0 aliphatic heterocycles. The molecule has 0 bridgehead atoms. The van der Waals surface area contributed by atoms with Crippen molar-refractivity contribution in [1.82, 2.24) is 0 Å². The molecule has 0 saturated heterocycles. The molecule has 0 unspecified atom stereocenters. The van der Waals surface area contributed by atoms with Gasteiger partial charge in [0.1, 0.15) is 0 Å². The summed E-state index contributed by atoms with van der Waals surface area (Å²) in [6.07, 6.45) is 0. The maximum atomic E-state index is 8.36. The molecule has 0 aliphatic carbocycles. The van der Waals surface area contributed by atoms with E-state index in [2.05, 4.69) is 0 Å². The van der Waals surface area contributed by atoms with Crippen LogP contribution < -0.4 is 0 Å². The quantitative estimate of drug-likeness (QED) is 0.194. The first-order valence-corrected chi connectivity index (χ1v) is 0.948. The second-order valence-corrected chi connectivity index (χ2v) is 0.319. The molecule has 0 radical (unpaired) electrons. The summed E-state index contributed by atoms with van der Waals surface area (Å²) < 4.78 is 0. The van der Waals surface area contributed by atoms with Gasteiger partial charge in [-0.2, -0.15) is 0 Å². The summed E-state index contributed by atoms with van der Waals surface area (Å²) >= 11 is 0. The van der Waals surface area contributed by atoms with Gasteiger partial charge in [0.05, 0.1) is 0 Å². The van der Waals surface area contributed by atoms with E-state index < -0.39 is 5.09 Å². The fraction of sp³-hybridized carbons (Fsp3) is 0. The molecular weight excluding hydrogens is 131 g/mol. The molecular formula is H3N2NaO5. The Hall–Kier alpha value is -0.400. The van der Waals surface area contributed by atoms with Crippen LogP contribution in [-0.2, 0) is 0 Å². The third kappa shape index (κ3) is 741. The van der Waals surface area contributed by atoms with Crippen LogP contribution in [-0.4, -0.2) is 45.1 Å². The third-order valence-corrected chi connectivity index (χ3v) is 0. The molecule has 0 aromatic carbocycles.